The molecule has 0 spiro atoms. The van der Waals surface area contributed by atoms with Gasteiger partial charge in [0.05, 0.1) is 6.04 Å². The number of nitrogens with two attached hydrogens (primary N) is 1. The predicted molar refractivity (Wildman–Crippen MR) is 104 cm³/mol. The lowest BCUT2D eigenvalue weighted by atomic mass is 10.2. The van der Waals surface area contributed by atoms with Crippen molar-refractivity contribution < 1.29 is 4.79 Å². The molecule has 23 heavy (non-hydrogen) atoms. The SMILES string of the molecule is CSCC[C@H](N)C(=O)Nc1cccc(N2CCCCCC2)c1.Cl. The molecule has 0 unspecified atom stereocenters. The Hall–Kier alpha value is -0.910. The van der Waals surface area contributed by atoms with E-state index in [1.165, 1.54) is 31.4 Å². The van der Waals surface area contributed by atoms with Gasteiger partial charge in [-0.05, 0) is 49.5 Å². The van der Waals surface area contributed by atoms with Gasteiger partial charge in [-0.3, -0.25) is 4.79 Å². The van der Waals surface area contributed by atoms with Crippen LogP contribution >= 0.6 is 24.2 Å². The van der Waals surface area contributed by atoms with Crippen LogP contribution in [-0.2, 0) is 4.79 Å². The van der Waals surface area contributed by atoms with Gasteiger partial charge >= 0.3 is 0 Å². The van der Waals surface area contributed by atoms with Crippen molar-refractivity contribution in [2.24, 2.45) is 5.73 Å². The molecule has 0 saturated carbocycles. The van der Waals surface area contributed by atoms with Crippen LogP contribution in [0, 0.1) is 0 Å². The minimum absolute atomic E-state index is 0. The molecule has 0 aromatic heterocycles. The highest BCUT2D eigenvalue weighted by Gasteiger charge is 2.14. The van der Waals surface area contributed by atoms with E-state index in [1.807, 2.05) is 18.4 Å². The summed E-state index contributed by atoms with van der Waals surface area (Å²) < 4.78 is 0. The van der Waals surface area contributed by atoms with Crippen molar-refractivity contribution in [1.82, 2.24) is 0 Å². The van der Waals surface area contributed by atoms with E-state index in [9.17, 15) is 4.79 Å². The van der Waals surface area contributed by atoms with Crippen LogP contribution in [0.2, 0.25) is 0 Å². The third-order valence-electron chi connectivity index (χ3n) is 4.05. The number of amides is 1. The summed E-state index contributed by atoms with van der Waals surface area (Å²) in [5.74, 6) is 0.810. The van der Waals surface area contributed by atoms with Crippen molar-refractivity contribution in [1.29, 1.82) is 0 Å². The predicted octanol–water partition coefficient (Wildman–Crippen LogP) is 3.51. The van der Waals surface area contributed by atoms with Gasteiger partial charge in [0.25, 0.3) is 0 Å². The first-order chi connectivity index (χ1) is 10.7. The first-order valence-electron chi connectivity index (χ1n) is 8.11. The Labute approximate surface area is 150 Å². The summed E-state index contributed by atoms with van der Waals surface area (Å²) in [6, 6.07) is 7.68. The van der Waals surface area contributed by atoms with E-state index >= 15 is 0 Å². The summed E-state index contributed by atoms with van der Waals surface area (Å²) in [5, 5.41) is 2.95. The molecule has 1 aliphatic heterocycles. The highest BCUT2D eigenvalue weighted by Crippen LogP contribution is 2.23. The molecule has 3 N–H and O–H groups in total. The zero-order valence-corrected chi connectivity index (χ0v) is 15.4. The monoisotopic (exact) mass is 357 g/mol. The number of hydrogen-bond acceptors (Lipinski definition) is 4. The van der Waals surface area contributed by atoms with Crippen molar-refractivity contribution in [2.75, 3.05) is 35.3 Å². The standard InChI is InChI=1S/C17H27N3OS.ClH/c1-22-12-9-16(18)17(21)19-14-7-6-8-15(13-14)20-10-4-2-3-5-11-20;/h6-8,13,16H,2-5,9-12,18H2,1H3,(H,19,21);1H/t16-;/m0./s1. The topological polar surface area (TPSA) is 58.4 Å². The normalized spacial score (nSPS) is 16.2. The summed E-state index contributed by atoms with van der Waals surface area (Å²) >= 11 is 1.71. The third kappa shape index (κ3) is 6.61. The number of carbonyl (C=O) groups excluding carboxylic acids is 1. The largest absolute Gasteiger partial charge is 0.371 e. The Bertz CT molecular complexity index is 479. The maximum Gasteiger partial charge on any atom is 0.241 e. The van der Waals surface area contributed by atoms with Crippen molar-refractivity contribution >= 4 is 41.5 Å². The maximum absolute atomic E-state index is 12.1. The average Bonchev–Trinajstić information content (AvgIpc) is 2.82. The van der Waals surface area contributed by atoms with Gasteiger partial charge < -0.3 is 16.0 Å². The van der Waals surface area contributed by atoms with Crippen molar-refractivity contribution in [3.8, 4) is 0 Å². The molecule has 1 heterocycles. The van der Waals surface area contributed by atoms with E-state index in [0.717, 1.165) is 24.5 Å². The van der Waals surface area contributed by atoms with E-state index in [2.05, 4.69) is 22.3 Å². The maximum atomic E-state index is 12.1. The third-order valence-corrected chi connectivity index (χ3v) is 4.70. The van der Waals surface area contributed by atoms with E-state index in [1.54, 1.807) is 11.8 Å². The summed E-state index contributed by atoms with van der Waals surface area (Å²) in [4.78, 5) is 14.5. The smallest absolute Gasteiger partial charge is 0.241 e. The van der Waals surface area contributed by atoms with Crippen LogP contribution in [0.25, 0.3) is 0 Å². The molecule has 0 radical (unpaired) electrons. The number of halogens is 1. The Morgan fingerprint density at radius 2 is 2.00 bits per heavy atom. The molecule has 0 aliphatic carbocycles. The number of anilines is 2. The highest BCUT2D eigenvalue weighted by atomic mass is 35.5. The Kier molecular flexibility index (Phi) is 9.44. The summed E-state index contributed by atoms with van der Waals surface area (Å²) in [7, 11) is 0. The van der Waals surface area contributed by atoms with Crippen LogP contribution < -0.4 is 16.0 Å². The molecule has 1 amide bonds. The number of thioether (sulfide) groups is 1. The van der Waals surface area contributed by atoms with Crippen LogP contribution in [0.1, 0.15) is 32.1 Å². The molecule has 1 atom stereocenters. The molecule has 6 heteroatoms. The van der Waals surface area contributed by atoms with Gasteiger partial charge in [0.1, 0.15) is 0 Å². The Balaban J connectivity index is 0.00000264. The molecule has 1 aromatic rings. The molecule has 130 valence electrons. The molecular weight excluding hydrogens is 330 g/mol. The molecule has 1 aliphatic rings. The zero-order valence-electron chi connectivity index (χ0n) is 13.8. The first kappa shape index (κ1) is 20.1. The van der Waals surface area contributed by atoms with Gasteiger partial charge in [-0.25, -0.2) is 0 Å². The van der Waals surface area contributed by atoms with Crippen LogP contribution in [-0.4, -0.2) is 37.0 Å². The molecule has 0 bridgehead atoms. The minimum atomic E-state index is -0.436. The second-order valence-electron chi connectivity index (χ2n) is 5.83. The van der Waals surface area contributed by atoms with Crippen molar-refractivity contribution in [2.45, 2.75) is 38.1 Å². The number of nitrogens with zero attached hydrogens (tertiary/aromatic N) is 1. The van der Waals surface area contributed by atoms with Crippen molar-refractivity contribution in [3.63, 3.8) is 0 Å². The second kappa shape index (κ2) is 10.8. The quantitative estimate of drug-likeness (QED) is 0.818. The highest BCUT2D eigenvalue weighted by molar-refractivity contribution is 7.98. The fraction of sp³-hybridized carbons (Fsp3) is 0.588. The Morgan fingerprint density at radius 1 is 1.30 bits per heavy atom. The number of carbonyl (C=O) groups is 1. The molecule has 2 rings (SSSR count). The van der Waals surface area contributed by atoms with Crippen LogP contribution in [0.15, 0.2) is 24.3 Å². The molecule has 1 saturated heterocycles. The van der Waals surface area contributed by atoms with E-state index < -0.39 is 6.04 Å². The molecule has 4 nitrogen and oxygen atoms in total. The van der Waals surface area contributed by atoms with Crippen LogP contribution in [0.3, 0.4) is 0 Å². The minimum Gasteiger partial charge on any atom is -0.371 e. The Morgan fingerprint density at radius 3 is 2.65 bits per heavy atom. The van der Waals surface area contributed by atoms with Gasteiger partial charge in [-0.15, -0.1) is 12.4 Å². The lowest BCUT2D eigenvalue weighted by Crippen LogP contribution is -2.36. The molecular formula is C17H28ClN3OS. The summed E-state index contributed by atoms with van der Waals surface area (Å²) in [6.45, 7) is 2.20. The fourth-order valence-electron chi connectivity index (χ4n) is 2.72. The van der Waals surface area contributed by atoms with E-state index in [0.29, 0.717) is 6.42 Å². The van der Waals surface area contributed by atoms with Gasteiger partial charge in [-0.1, -0.05) is 18.9 Å². The van der Waals surface area contributed by atoms with Crippen LogP contribution in [0.5, 0.6) is 0 Å². The number of nitrogens with one attached hydrogen (secondary N) is 1. The van der Waals surface area contributed by atoms with E-state index in [-0.39, 0.29) is 18.3 Å². The van der Waals surface area contributed by atoms with Gasteiger partial charge in [0.15, 0.2) is 0 Å². The number of hydrogen-bond donors (Lipinski definition) is 2. The van der Waals surface area contributed by atoms with Crippen LogP contribution in [0.4, 0.5) is 11.4 Å². The average molecular weight is 358 g/mol. The fourth-order valence-corrected chi connectivity index (χ4v) is 3.21. The summed E-state index contributed by atoms with van der Waals surface area (Å²) in [5.41, 5.74) is 7.95. The molecule has 1 aromatic carbocycles. The van der Waals surface area contributed by atoms with Gasteiger partial charge in [0.2, 0.25) is 5.91 Å². The number of benzene rings is 1. The number of rotatable bonds is 6. The van der Waals surface area contributed by atoms with E-state index in [4.69, 9.17) is 5.73 Å². The molecule has 1 fully saturated rings. The second-order valence-corrected chi connectivity index (χ2v) is 6.81. The first-order valence-corrected chi connectivity index (χ1v) is 9.50. The summed E-state index contributed by atoms with van der Waals surface area (Å²) in [6.07, 6.45) is 7.86. The van der Waals surface area contributed by atoms with Gasteiger partial charge in [0, 0.05) is 24.5 Å². The van der Waals surface area contributed by atoms with Crippen molar-refractivity contribution in [3.05, 3.63) is 24.3 Å². The zero-order chi connectivity index (χ0) is 15.8. The lowest BCUT2D eigenvalue weighted by Gasteiger charge is -2.23. The van der Waals surface area contributed by atoms with Gasteiger partial charge in [-0.2, -0.15) is 11.8 Å². The lowest BCUT2D eigenvalue weighted by molar-refractivity contribution is -0.117.